The summed E-state index contributed by atoms with van der Waals surface area (Å²) in [5, 5.41) is 12.2. The molecule has 5 aromatic heterocycles. The number of aryl methyl sites for hydroxylation is 1. The van der Waals surface area contributed by atoms with Crippen LogP contribution in [-0.2, 0) is 0 Å². The van der Waals surface area contributed by atoms with Gasteiger partial charge in [0.15, 0.2) is 0 Å². The number of anilines is 1. The van der Waals surface area contributed by atoms with Gasteiger partial charge in [-0.15, -0.1) is 0 Å². The van der Waals surface area contributed by atoms with Crippen molar-refractivity contribution in [3.05, 3.63) is 85.4 Å². The van der Waals surface area contributed by atoms with E-state index in [1.807, 2.05) is 54.5 Å². The van der Waals surface area contributed by atoms with Crippen LogP contribution in [0.5, 0.6) is 0 Å². The molecule has 8 heteroatoms. The molecule has 0 radical (unpaired) electrons. The highest BCUT2D eigenvalue weighted by Gasteiger charge is 2.16. The molecule has 0 spiro atoms. The first-order valence-corrected chi connectivity index (χ1v) is 11.9. The molecule has 1 aromatic carbocycles. The number of rotatable bonds is 6. The van der Waals surface area contributed by atoms with Crippen molar-refractivity contribution < 1.29 is 0 Å². The lowest BCUT2D eigenvalue weighted by molar-refractivity contribution is 0.778. The molecule has 6 aromatic rings. The molecule has 6 rings (SSSR count). The molecule has 0 aliphatic carbocycles. The molecule has 3 N–H and O–H groups in total. The van der Waals surface area contributed by atoms with Crippen molar-refractivity contribution in [3.63, 3.8) is 0 Å². The van der Waals surface area contributed by atoms with E-state index in [9.17, 15) is 0 Å². The first-order valence-electron chi connectivity index (χ1n) is 11.9. The number of nitrogens with one attached hydrogen (secondary N) is 3. The molecule has 0 aliphatic rings. The summed E-state index contributed by atoms with van der Waals surface area (Å²) in [7, 11) is 0. The van der Waals surface area contributed by atoms with Crippen molar-refractivity contribution in [2.24, 2.45) is 5.92 Å². The molecule has 36 heavy (non-hydrogen) atoms. The molecule has 8 nitrogen and oxygen atoms in total. The van der Waals surface area contributed by atoms with Crippen molar-refractivity contribution in [1.82, 2.24) is 34.7 Å². The Hall–Kier alpha value is -4.72. The van der Waals surface area contributed by atoms with E-state index in [1.165, 1.54) is 0 Å². The Morgan fingerprint density at radius 3 is 2.78 bits per heavy atom. The number of nitrogens with zero attached hydrogens (tertiary/aromatic N) is 5. The van der Waals surface area contributed by atoms with Gasteiger partial charge >= 0.3 is 0 Å². The van der Waals surface area contributed by atoms with Crippen LogP contribution in [0.25, 0.3) is 50.3 Å². The maximum absolute atomic E-state index is 4.97. The Bertz CT molecular complexity index is 1730. The van der Waals surface area contributed by atoms with E-state index in [0.717, 1.165) is 67.3 Å². The maximum Gasteiger partial charge on any atom is 0.135 e. The van der Waals surface area contributed by atoms with Crippen LogP contribution >= 0.6 is 0 Å². The van der Waals surface area contributed by atoms with Gasteiger partial charge in [-0.1, -0.05) is 26.5 Å². The third-order valence-corrected chi connectivity index (χ3v) is 6.33. The molecular formula is C28H26N8. The molecule has 178 valence electrons. The number of benzene rings is 1. The summed E-state index contributed by atoms with van der Waals surface area (Å²) in [6, 6.07) is 14.3. The highest BCUT2D eigenvalue weighted by atomic mass is 15.1. The van der Waals surface area contributed by atoms with Gasteiger partial charge in [0.25, 0.3) is 0 Å². The monoisotopic (exact) mass is 474 g/mol. The topological polar surface area (TPSA) is 100 Å². The lowest BCUT2D eigenvalue weighted by Gasteiger charge is -2.13. The average molecular weight is 475 g/mol. The molecule has 0 bridgehead atoms. The van der Waals surface area contributed by atoms with Crippen LogP contribution in [0.3, 0.4) is 0 Å². The zero-order chi connectivity index (χ0) is 24.8. The van der Waals surface area contributed by atoms with E-state index in [0.29, 0.717) is 5.92 Å². The van der Waals surface area contributed by atoms with Crippen LogP contribution in [0.4, 0.5) is 5.69 Å². The van der Waals surface area contributed by atoms with Crippen molar-refractivity contribution >= 4 is 27.6 Å². The number of hydrogen-bond donors (Lipinski definition) is 3. The largest absolute Gasteiger partial charge is 0.358 e. The SMILES string of the molecule is C=C(Nc1cncc(-c2ccc3[nH]nc(-c4cc5c(-n6cnc(C)c6)cccc5[nH]4)c3n2)c1)C(C)C. The number of aromatic nitrogens is 7. The number of imidazole rings is 1. The minimum absolute atomic E-state index is 0.325. The highest BCUT2D eigenvalue weighted by Crippen LogP contribution is 2.32. The van der Waals surface area contributed by atoms with Gasteiger partial charge in [0.1, 0.15) is 11.2 Å². The number of H-pyrrole nitrogens is 2. The van der Waals surface area contributed by atoms with E-state index >= 15 is 0 Å². The number of aromatic amines is 2. The molecule has 0 unspecified atom stereocenters. The first-order chi connectivity index (χ1) is 17.5. The molecule has 5 heterocycles. The normalized spacial score (nSPS) is 11.6. The third kappa shape index (κ3) is 3.82. The van der Waals surface area contributed by atoms with Gasteiger partial charge in [-0.25, -0.2) is 9.97 Å². The van der Waals surface area contributed by atoms with Crippen molar-refractivity contribution in [3.8, 4) is 28.3 Å². The summed E-state index contributed by atoms with van der Waals surface area (Å²) in [6.07, 6.45) is 7.47. The highest BCUT2D eigenvalue weighted by molar-refractivity contribution is 5.97. The predicted octanol–water partition coefficient (Wildman–Crippen LogP) is 6.24. The Labute approximate surface area is 208 Å². The summed E-state index contributed by atoms with van der Waals surface area (Å²) in [6.45, 7) is 10.3. The average Bonchev–Trinajstić information content (AvgIpc) is 3.61. The standard InChI is InChI=1S/C28H26N8/c1-16(2)18(4)31-20-10-19(12-29-13-20)22-8-9-24-27(33-22)28(35-34-24)25-11-21-23(32-25)6-5-7-26(21)36-14-17(3)30-15-36/h5-16,31-32H,4H2,1-3H3,(H,34,35). The Kier molecular flexibility index (Phi) is 5.14. The van der Waals surface area contributed by atoms with E-state index in [2.05, 4.69) is 69.1 Å². The fourth-order valence-corrected chi connectivity index (χ4v) is 4.27. The summed E-state index contributed by atoms with van der Waals surface area (Å²) in [5.41, 5.74) is 9.95. The van der Waals surface area contributed by atoms with Crippen LogP contribution < -0.4 is 5.32 Å². The number of pyridine rings is 2. The van der Waals surface area contributed by atoms with Crippen molar-refractivity contribution in [2.75, 3.05) is 5.32 Å². The van der Waals surface area contributed by atoms with Crippen molar-refractivity contribution in [2.45, 2.75) is 20.8 Å². The zero-order valence-electron chi connectivity index (χ0n) is 20.4. The lowest BCUT2D eigenvalue weighted by atomic mass is 10.1. The van der Waals surface area contributed by atoms with Gasteiger partial charge in [0.2, 0.25) is 0 Å². The first kappa shape index (κ1) is 21.8. The van der Waals surface area contributed by atoms with E-state index in [4.69, 9.17) is 4.98 Å². The minimum atomic E-state index is 0.325. The third-order valence-electron chi connectivity index (χ3n) is 6.33. The summed E-state index contributed by atoms with van der Waals surface area (Å²) >= 11 is 0. The fraction of sp³-hybridized carbons (Fsp3) is 0.143. The Balaban J connectivity index is 1.41. The van der Waals surface area contributed by atoms with E-state index < -0.39 is 0 Å². The fourth-order valence-electron chi connectivity index (χ4n) is 4.27. The van der Waals surface area contributed by atoms with E-state index in [1.54, 1.807) is 6.20 Å². The second kappa shape index (κ2) is 8.49. The van der Waals surface area contributed by atoms with Gasteiger partial charge in [-0.2, -0.15) is 5.10 Å². The van der Waals surface area contributed by atoms with Crippen LogP contribution in [0.15, 0.2) is 79.7 Å². The molecule has 0 atom stereocenters. The smallest absolute Gasteiger partial charge is 0.135 e. The Morgan fingerprint density at radius 1 is 1.08 bits per heavy atom. The summed E-state index contributed by atoms with van der Waals surface area (Å²) < 4.78 is 2.04. The van der Waals surface area contributed by atoms with Gasteiger partial charge in [-0.3, -0.25) is 10.1 Å². The minimum Gasteiger partial charge on any atom is -0.358 e. The quantitative estimate of drug-likeness (QED) is 0.265. The van der Waals surface area contributed by atoms with Crippen LogP contribution in [0.2, 0.25) is 0 Å². The van der Waals surface area contributed by atoms with Gasteiger partial charge in [0.05, 0.1) is 46.5 Å². The van der Waals surface area contributed by atoms with Crippen molar-refractivity contribution in [1.29, 1.82) is 0 Å². The number of allylic oxidation sites excluding steroid dienone is 1. The van der Waals surface area contributed by atoms with Gasteiger partial charge < -0.3 is 14.9 Å². The molecule has 0 saturated carbocycles. The number of hydrogen-bond acceptors (Lipinski definition) is 5. The molecule has 0 aliphatic heterocycles. The summed E-state index contributed by atoms with van der Waals surface area (Å²) in [5.74, 6) is 0.325. The molecule has 0 amide bonds. The van der Waals surface area contributed by atoms with Gasteiger partial charge in [-0.05, 0) is 49.2 Å². The van der Waals surface area contributed by atoms with Crippen LogP contribution in [0.1, 0.15) is 19.5 Å². The maximum atomic E-state index is 4.97. The lowest BCUT2D eigenvalue weighted by Crippen LogP contribution is -2.04. The molecule has 0 fully saturated rings. The predicted molar refractivity (Wildman–Crippen MR) is 144 cm³/mol. The zero-order valence-corrected chi connectivity index (χ0v) is 20.4. The second-order valence-electron chi connectivity index (χ2n) is 9.28. The molecular weight excluding hydrogens is 448 g/mol. The second-order valence-corrected chi connectivity index (χ2v) is 9.28. The number of fused-ring (bicyclic) bond motifs is 2. The van der Waals surface area contributed by atoms with E-state index in [-0.39, 0.29) is 0 Å². The molecule has 0 saturated heterocycles. The van der Waals surface area contributed by atoms with Crippen LogP contribution in [0, 0.1) is 12.8 Å². The van der Waals surface area contributed by atoms with Gasteiger partial charge in [0, 0.05) is 34.6 Å². The Morgan fingerprint density at radius 2 is 1.97 bits per heavy atom. The van der Waals surface area contributed by atoms with Crippen LogP contribution in [-0.4, -0.2) is 34.7 Å². The summed E-state index contributed by atoms with van der Waals surface area (Å²) in [4.78, 5) is 17.3.